The number of benzene rings is 3. The van der Waals surface area contributed by atoms with Crippen molar-refractivity contribution in [3.05, 3.63) is 124 Å². The van der Waals surface area contributed by atoms with Crippen LogP contribution in [0.1, 0.15) is 27.2 Å². The molecule has 0 radical (unpaired) electrons. The summed E-state index contributed by atoms with van der Waals surface area (Å²) < 4.78 is 98.8. The number of halogens is 4. The van der Waals surface area contributed by atoms with Crippen LogP contribution < -0.4 is 10.3 Å². The zero-order chi connectivity index (χ0) is 32.7. The van der Waals surface area contributed by atoms with Crippen molar-refractivity contribution in [2.45, 2.75) is 23.4 Å². The SMILES string of the molecule is C[SH](C)(=O)Cc1cccc(S(=O)(=O)NC(=O)c2c(-c3ccc[nH]c3=O)c3cc(C(F)(F)F)ccc3n2Cc2ccccc2F)c1. The Morgan fingerprint density at radius 1 is 0.978 bits per heavy atom. The molecule has 14 heteroatoms. The van der Waals surface area contributed by atoms with Gasteiger partial charge in [-0.15, -0.1) is 9.93 Å². The van der Waals surface area contributed by atoms with Gasteiger partial charge in [-0.1, -0.05) is 30.3 Å². The van der Waals surface area contributed by atoms with E-state index in [0.29, 0.717) is 5.56 Å². The highest BCUT2D eigenvalue weighted by atomic mass is 32.2. The smallest absolute Gasteiger partial charge is 0.331 e. The third-order valence-corrected chi connectivity index (χ3v) is 9.43. The maximum Gasteiger partial charge on any atom is 0.416 e. The molecule has 0 fully saturated rings. The van der Waals surface area contributed by atoms with Crippen molar-refractivity contribution in [3.63, 3.8) is 0 Å². The van der Waals surface area contributed by atoms with E-state index < -0.39 is 54.7 Å². The Bertz CT molecular complexity index is 2170. The minimum atomic E-state index is -4.79. The molecule has 1 amide bonds. The molecular weight excluding hydrogens is 634 g/mol. The highest BCUT2D eigenvalue weighted by molar-refractivity contribution is 8.01. The fourth-order valence-corrected chi connectivity index (χ4v) is 7.20. The van der Waals surface area contributed by atoms with E-state index in [1.54, 1.807) is 18.6 Å². The molecule has 0 bridgehead atoms. The lowest BCUT2D eigenvalue weighted by atomic mass is 10.0. The van der Waals surface area contributed by atoms with Crippen LogP contribution in [0.5, 0.6) is 0 Å². The molecule has 5 rings (SSSR count). The van der Waals surface area contributed by atoms with Gasteiger partial charge in [0.2, 0.25) is 0 Å². The molecule has 0 spiro atoms. The first-order chi connectivity index (χ1) is 21.0. The van der Waals surface area contributed by atoms with Crippen molar-refractivity contribution in [1.82, 2.24) is 14.3 Å². The molecule has 0 aliphatic rings. The first kappa shape index (κ1) is 31.9. The Morgan fingerprint density at radius 2 is 1.71 bits per heavy atom. The van der Waals surface area contributed by atoms with Crippen molar-refractivity contribution >= 4 is 36.8 Å². The fraction of sp³-hybridized carbons (Fsp3) is 0.161. The van der Waals surface area contributed by atoms with Gasteiger partial charge >= 0.3 is 6.18 Å². The number of aromatic nitrogens is 2. The Hall–Kier alpha value is -4.56. The number of nitrogens with zero attached hydrogens (tertiary/aromatic N) is 1. The summed E-state index contributed by atoms with van der Waals surface area (Å²) in [5.74, 6) is -1.84. The number of H-pyrrole nitrogens is 1. The molecule has 0 saturated heterocycles. The second kappa shape index (κ2) is 11.7. The van der Waals surface area contributed by atoms with Crippen molar-refractivity contribution in [2.24, 2.45) is 0 Å². The fourth-order valence-electron chi connectivity index (χ4n) is 5.10. The quantitative estimate of drug-likeness (QED) is 0.158. The summed E-state index contributed by atoms with van der Waals surface area (Å²) in [5.41, 5.74) is -2.26. The summed E-state index contributed by atoms with van der Waals surface area (Å²) in [4.78, 5) is 29.1. The minimum Gasteiger partial charge on any atom is -0.331 e. The largest absolute Gasteiger partial charge is 0.416 e. The normalized spacial score (nSPS) is 12.8. The average Bonchev–Trinajstić information content (AvgIpc) is 3.26. The van der Waals surface area contributed by atoms with Gasteiger partial charge in [-0.3, -0.25) is 13.8 Å². The number of alkyl halides is 3. The number of carbonyl (C=O) groups is 1. The van der Waals surface area contributed by atoms with Gasteiger partial charge in [-0.25, -0.2) is 17.5 Å². The van der Waals surface area contributed by atoms with Crippen molar-refractivity contribution in [2.75, 3.05) is 12.5 Å². The number of aromatic amines is 1. The summed E-state index contributed by atoms with van der Waals surface area (Å²) in [5, 5.41) is -0.177. The van der Waals surface area contributed by atoms with E-state index in [0.717, 1.165) is 24.3 Å². The van der Waals surface area contributed by atoms with Gasteiger partial charge in [-0.2, -0.15) is 13.2 Å². The summed E-state index contributed by atoms with van der Waals surface area (Å²) in [7, 11) is -7.19. The number of rotatable bonds is 8. The number of fused-ring (bicyclic) bond motifs is 1. The Labute approximate surface area is 256 Å². The summed E-state index contributed by atoms with van der Waals surface area (Å²) in [6.45, 7) is -0.389. The van der Waals surface area contributed by atoms with Crippen LogP contribution in [0.4, 0.5) is 17.6 Å². The van der Waals surface area contributed by atoms with Gasteiger partial charge in [0.15, 0.2) is 0 Å². The molecule has 2 aromatic heterocycles. The molecule has 2 N–H and O–H groups in total. The molecule has 45 heavy (non-hydrogen) atoms. The first-order valence-electron chi connectivity index (χ1n) is 13.4. The van der Waals surface area contributed by atoms with Gasteiger partial charge < -0.3 is 9.55 Å². The molecule has 3 aromatic carbocycles. The van der Waals surface area contributed by atoms with Crippen LogP contribution in [0.25, 0.3) is 22.0 Å². The predicted molar refractivity (Wildman–Crippen MR) is 165 cm³/mol. The molecule has 0 aliphatic carbocycles. The highest BCUT2D eigenvalue weighted by Gasteiger charge is 2.34. The molecule has 0 unspecified atom stereocenters. The maximum absolute atomic E-state index is 14.8. The van der Waals surface area contributed by atoms with Crippen LogP contribution in [-0.2, 0) is 38.4 Å². The molecule has 2 heterocycles. The molecular formula is C31H27F4N3O5S2. The van der Waals surface area contributed by atoms with Crippen molar-refractivity contribution in [3.8, 4) is 11.1 Å². The Balaban J connectivity index is 1.75. The van der Waals surface area contributed by atoms with E-state index in [9.17, 15) is 39.8 Å². The number of nitrogens with one attached hydrogen (secondary N) is 2. The van der Waals surface area contributed by atoms with E-state index in [1.807, 2.05) is 4.72 Å². The number of thiol groups is 1. The lowest BCUT2D eigenvalue weighted by molar-refractivity contribution is -0.137. The maximum atomic E-state index is 14.8. The lowest BCUT2D eigenvalue weighted by Crippen LogP contribution is -2.33. The average molecular weight is 662 g/mol. The van der Waals surface area contributed by atoms with Crippen LogP contribution in [0.2, 0.25) is 0 Å². The second-order valence-electron chi connectivity index (χ2n) is 10.9. The van der Waals surface area contributed by atoms with E-state index in [2.05, 4.69) is 4.98 Å². The van der Waals surface area contributed by atoms with Gasteiger partial charge in [0.05, 0.1) is 17.0 Å². The summed E-state index contributed by atoms with van der Waals surface area (Å²) in [6.07, 6.45) is -0.420. The lowest BCUT2D eigenvalue weighted by Gasteiger charge is -2.15. The highest BCUT2D eigenvalue weighted by Crippen LogP contribution is 2.39. The van der Waals surface area contributed by atoms with Gasteiger partial charge in [-0.05, 0) is 66.6 Å². The third-order valence-electron chi connectivity index (χ3n) is 6.98. The molecule has 0 atom stereocenters. The molecule has 8 nitrogen and oxygen atoms in total. The zero-order valence-corrected chi connectivity index (χ0v) is 25.6. The monoisotopic (exact) mass is 661 g/mol. The number of hydrogen-bond acceptors (Lipinski definition) is 5. The number of pyridine rings is 1. The summed E-state index contributed by atoms with van der Waals surface area (Å²) in [6, 6.07) is 16.3. The first-order valence-corrected chi connectivity index (χ1v) is 17.7. The van der Waals surface area contributed by atoms with Crippen LogP contribution in [0.15, 0.2) is 94.7 Å². The second-order valence-corrected chi connectivity index (χ2v) is 16.0. The van der Waals surface area contributed by atoms with E-state index >= 15 is 0 Å². The summed E-state index contributed by atoms with van der Waals surface area (Å²) >= 11 is 0. The van der Waals surface area contributed by atoms with Gasteiger partial charge in [0.25, 0.3) is 21.5 Å². The molecule has 0 saturated carbocycles. The standard InChI is InChI=1S/C31H27F4N3O5S2/c1-44(2,41)18-19-7-5-9-22(15-19)45(42,43)37-30(40)28-27(23-10-6-14-36-29(23)39)24-16-21(31(33,34)35)12-13-26(24)38(28)17-20-8-3-4-11-25(20)32/h3-16,44H,17-18H2,1-2H3,(H,36,39)(H,37,40). The van der Waals surface area contributed by atoms with Crippen LogP contribution in [-0.4, -0.2) is 40.6 Å². The zero-order valence-electron chi connectivity index (χ0n) is 23.9. The number of amides is 1. The van der Waals surface area contributed by atoms with E-state index in [4.69, 9.17) is 0 Å². The minimum absolute atomic E-state index is 0.0238. The molecule has 0 aliphatic heterocycles. The topological polar surface area (TPSA) is 118 Å². The van der Waals surface area contributed by atoms with Crippen LogP contribution >= 0.6 is 0 Å². The van der Waals surface area contributed by atoms with E-state index in [1.165, 1.54) is 59.3 Å². The predicted octanol–water partition coefficient (Wildman–Crippen LogP) is 5.10. The van der Waals surface area contributed by atoms with Crippen LogP contribution in [0, 0.1) is 5.82 Å². The Morgan fingerprint density at radius 3 is 2.38 bits per heavy atom. The number of carbonyl (C=O) groups excluding carboxylic acids is 1. The van der Waals surface area contributed by atoms with E-state index in [-0.39, 0.29) is 44.8 Å². The number of hydrogen-bond donors (Lipinski definition) is 3. The van der Waals surface area contributed by atoms with Gasteiger partial charge in [0, 0.05) is 39.5 Å². The molecule has 5 aromatic rings. The van der Waals surface area contributed by atoms with Crippen molar-refractivity contribution < 1.29 is 35.0 Å². The Kier molecular flexibility index (Phi) is 8.31. The molecule has 236 valence electrons. The van der Waals surface area contributed by atoms with Crippen LogP contribution in [0.3, 0.4) is 0 Å². The number of sulfonamides is 1. The third kappa shape index (κ3) is 6.76. The van der Waals surface area contributed by atoms with Gasteiger partial charge in [0.1, 0.15) is 11.5 Å². The van der Waals surface area contributed by atoms with Crippen molar-refractivity contribution in [1.29, 1.82) is 0 Å².